The van der Waals surface area contributed by atoms with Gasteiger partial charge >= 0.3 is 0 Å². The number of hydrogen-bond donors (Lipinski definition) is 2. The molecule has 0 aromatic heterocycles. The van der Waals surface area contributed by atoms with E-state index < -0.39 is 0 Å². The van der Waals surface area contributed by atoms with E-state index in [1.807, 2.05) is 18.2 Å². The minimum atomic E-state index is 0.672. The van der Waals surface area contributed by atoms with Crippen LogP contribution in [0.5, 0.6) is 0 Å². The maximum Gasteiger partial charge on any atom is 0.0692 e. The Labute approximate surface area is 162 Å². The van der Waals surface area contributed by atoms with E-state index in [9.17, 15) is 0 Å². The first-order valence-electron chi connectivity index (χ1n) is 9.75. The molecule has 3 nitrogen and oxygen atoms in total. The average Bonchev–Trinajstić information content (AvgIpc) is 2.67. The van der Waals surface area contributed by atoms with Crippen LogP contribution in [-0.2, 0) is 12.8 Å². The van der Waals surface area contributed by atoms with Gasteiger partial charge in [-0.15, -0.1) is 0 Å². The smallest absolute Gasteiger partial charge is 0.0692 e. The largest absolute Gasteiger partial charge is 0.399 e. The van der Waals surface area contributed by atoms with E-state index in [2.05, 4.69) is 67.3 Å². The molecule has 0 saturated carbocycles. The number of rotatable bonds is 7. The van der Waals surface area contributed by atoms with Gasteiger partial charge in [0.2, 0.25) is 0 Å². The molecule has 0 spiro atoms. The zero-order chi connectivity index (χ0) is 19.2. The molecule has 0 aliphatic carbocycles. The lowest BCUT2D eigenvalue weighted by Crippen LogP contribution is -2.12. The summed E-state index contributed by atoms with van der Waals surface area (Å²) in [5, 5.41) is 0. The maximum atomic E-state index is 6.33. The number of nitrogen functional groups attached to an aromatic ring is 2. The van der Waals surface area contributed by atoms with Gasteiger partial charge in [0.25, 0.3) is 0 Å². The molecule has 3 aromatic rings. The van der Waals surface area contributed by atoms with E-state index >= 15 is 0 Å². The van der Waals surface area contributed by atoms with Crippen LogP contribution in [0.3, 0.4) is 0 Å². The van der Waals surface area contributed by atoms with Crippen LogP contribution in [0, 0.1) is 0 Å². The van der Waals surface area contributed by atoms with E-state index in [4.69, 9.17) is 11.5 Å². The molecule has 0 bridgehead atoms. The molecule has 3 aromatic carbocycles. The lowest BCUT2D eigenvalue weighted by atomic mass is 10.1. The molecule has 27 heavy (non-hydrogen) atoms. The van der Waals surface area contributed by atoms with Crippen molar-refractivity contribution in [2.24, 2.45) is 0 Å². The van der Waals surface area contributed by atoms with Gasteiger partial charge in [0, 0.05) is 17.1 Å². The van der Waals surface area contributed by atoms with Crippen LogP contribution in [0.1, 0.15) is 37.8 Å². The standard InChI is InChI=1S/C24H29N3/c1-3-5-18-7-12-21(13-8-18)27(24-16-11-20(25)17-23(24)26)22-14-9-19(6-4-2)10-15-22/h7-17H,3-6,25-26H2,1-2H3. The summed E-state index contributed by atoms with van der Waals surface area (Å²) in [6, 6.07) is 23.2. The van der Waals surface area contributed by atoms with E-state index in [1.54, 1.807) is 0 Å². The highest BCUT2D eigenvalue weighted by Gasteiger charge is 2.15. The third-order valence-corrected chi connectivity index (χ3v) is 4.76. The van der Waals surface area contributed by atoms with E-state index in [1.165, 1.54) is 11.1 Å². The number of hydrogen-bond acceptors (Lipinski definition) is 3. The first-order chi connectivity index (χ1) is 13.1. The number of benzene rings is 3. The highest BCUT2D eigenvalue weighted by Crippen LogP contribution is 2.38. The Kier molecular flexibility index (Phi) is 6.02. The van der Waals surface area contributed by atoms with Crippen LogP contribution in [0.4, 0.5) is 28.4 Å². The summed E-state index contributed by atoms with van der Waals surface area (Å²) in [5.74, 6) is 0. The second kappa shape index (κ2) is 8.63. The van der Waals surface area contributed by atoms with Crippen molar-refractivity contribution in [3.05, 3.63) is 77.9 Å². The molecule has 3 heteroatoms. The lowest BCUT2D eigenvalue weighted by Gasteiger charge is -2.27. The van der Waals surface area contributed by atoms with Crippen molar-refractivity contribution in [3.8, 4) is 0 Å². The Morgan fingerprint density at radius 1 is 0.667 bits per heavy atom. The number of anilines is 5. The first kappa shape index (κ1) is 18.8. The van der Waals surface area contributed by atoms with Gasteiger partial charge in [-0.05, 0) is 66.4 Å². The van der Waals surface area contributed by atoms with Crippen molar-refractivity contribution in [3.63, 3.8) is 0 Å². The van der Waals surface area contributed by atoms with Crippen LogP contribution >= 0.6 is 0 Å². The predicted molar refractivity (Wildman–Crippen MR) is 118 cm³/mol. The van der Waals surface area contributed by atoms with Crippen LogP contribution in [0.15, 0.2) is 66.7 Å². The Morgan fingerprint density at radius 3 is 1.56 bits per heavy atom. The number of aryl methyl sites for hydroxylation is 2. The van der Waals surface area contributed by atoms with Crippen molar-refractivity contribution in [2.45, 2.75) is 39.5 Å². The highest BCUT2D eigenvalue weighted by atomic mass is 15.1. The van der Waals surface area contributed by atoms with Crippen molar-refractivity contribution in [2.75, 3.05) is 16.4 Å². The van der Waals surface area contributed by atoms with Crippen molar-refractivity contribution in [1.82, 2.24) is 0 Å². The summed E-state index contributed by atoms with van der Waals surface area (Å²) in [4.78, 5) is 2.19. The fourth-order valence-electron chi connectivity index (χ4n) is 3.40. The van der Waals surface area contributed by atoms with Gasteiger partial charge in [0.05, 0.1) is 11.4 Å². The van der Waals surface area contributed by atoms with Crippen molar-refractivity contribution < 1.29 is 0 Å². The summed E-state index contributed by atoms with van der Waals surface area (Å²) in [6.07, 6.45) is 4.48. The van der Waals surface area contributed by atoms with Crippen LogP contribution in [-0.4, -0.2) is 0 Å². The minimum absolute atomic E-state index is 0.672. The second-order valence-electron chi connectivity index (χ2n) is 6.99. The molecular formula is C24H29N3. The molecule has 0 fully saturated rings. The normalized spacial score (nSPS) is 10.7. The Hall–Kier alpha value is -2.94. The molecule has 140 valence electrons. The van der Waals surface area contributed by atoms with Gasteiger partial charge in [0.1, 0.15) is 0 Å². The average molecular weight is 360 g/mol. The van der Waals surface area contributed by atoms with Crippen LogP contribution < -0.4 is 16.4 Å². The van der Waals surface area contributed by atoms with Crippen molar-refractivity contribution in [1.29, 1.82) is 0 Å². The molecule has 0 atom stereocenters. The van der Waals surface area contributed by atoms with Crippen molar-refractivity contribution >= 4 is 28.4 Å². The van der Waals surface area contributed by atoms with Gasteiger partial charge in [-0.1, -0.05) is 51.0 Å². The Morgan fingerprint density at radius 2 is 1.15 bits per heavy atom. The minimum Gasteiger partial charge on any atom is -0.399 e. The molecule has 0 amide bonds. The monoisotopic (exact) mass is 359 g/mol. The molecule has 0 unspecified atom stereocenters. The second-order valence-corrected chi connectivity index (χ2v) is 6.99. The summed E-state index contributed by atoms with van der Waals surface area (Å²) in [5.41, 5.74) is 19.4. The maximum absolute atomic E-state index is 6.33. The quantitative estimate of drug-likeness (QED) is 0.492. The van der Waals surface area contributed by atoms with Crippen LogP contribution in [0.25, 0.3) is 0 Å². The molecule has 0 heterocycles. The molecule has 3 rings (SSSR count). The zero-order valence-corrected chi connectivity index (χ0v) is 16.3. The molecule has 0 radical (unpaired) electrons. The molecule has 4 N–H and O–H groups in total. The Balaban J connectivity index is 2.05. The third-order valence-electron chi connectivity index (χ3n) is 4.76. The summed E-state index contributed by atoms with van der Waals surface area (Å²) in [6.45, 7) is 4.40. The third kappa shape index (κ3) is 4.43. The lowest BCUT2D eigenvalue weighted by molar-refractivity contribution is 0.921. The SMILES string of the molecule is CCCc1ccc(N(c2ccc(CCC)cc2)c2ccc(N)cc2N)cc1. The van der Waals surface area contributed by atoms with Gasteiger partial charge in [-0.25, -0.2) is 0 Å². The van der Waals surface area contributed by atoms with E-state index in [0.29, 0.717) is 11.4 Å². The molecule has 0 saturated heterocycles. The van der Waals surface area contributed by atoms with Gasteiger partial charge < -0.3 is 16.4 Å². The van der Waals surface area contributed by atoms with Gasteiger partial charge in [-0.3, -0.25) is 0 Å². The van der Waals surface area contributed by atoms with Crippen LogP contribution in [0.2, 0.25) is 0 Å². The first-order valence-corrected chi connectivity index (χ1v) is 9.75. The molecular weight excluding hydrogens is 330 g/mol. The summed E-state index contributed by atoms with van der Waals surface area (Å²) in [7, 11) is 0. The summed E-state index contributed by atoms with van der Waals surface area (Å²) < 4.78 is 0. The highest BCUT2D eigenvalue weighted by molar-refractivity contribution is 5.85. The Bertz CT molecular complexity index is 818. The molecule has 0 aliphatic rings. The topological polar surface area (TPSA) is 55.3 Å². The predicted octanol–water partition coefficient (Wildman–Crippen LogP) is 6.23. The van der Waals surface area contributed by atoms with Gasteiger partial charge in [0.15, 0.2) is 0 Å². The van der Waals surface area contributed by atoms with E-state index in [0.717, 1.165) is 42.7 Å². The van der Waals surface area contributed by atoms with Gasteiger partial charge in [-0.2, -0.15) is 0 Å². The fourth-order valence-corrected chi connectivity index (χ4v) is 3.40. The van der Waals surface area contributed by atoms with E-state index in [-0.39, 0.29) is 0 Å². The number of nitrogens with zero attached hydrogens (tertiary/aromatic N) is 1. The number of nitrogens with two attached hydrogens (primary N) is 2. The molecule has 0 aliphatic heterocycles. The fraction of sp³-hybridized carbons (Fsp3) is 0.250. The zero-order valence-electron chi connectivity index (χ0n) is 16.3. The summed E-state index contributed by atoms with van der Waals surface area (Å²) >= 11 is 0.